The lowest BCUT2D eigenvalue weighted by Crippen LogP contribution is -2.20. The van der Waals surface area contributed by atoms with E-state index in [1.807, 2.05) is 23.6 Å². The third-order valence-corrected chi connectivity index (χ3v) is 4.21. The second-order valence-electron chi connectivity index (χ2n) is 4.16. The van der Waals surface area contributed by atoms with Crippen LogP contribution in [0, 0.1) is 0 Å². The van der Waals surface area contributed by atoms with Gasteiger partial charge in [0.05, 0.1) is 18.3 Å². The Labute approximate surface area is 121 Å². The average molecular weight is 336 g/mol. The SMILES string of the molecule is Nc1cc(Br)ccc1Cn1cnc2sccc2c1=O. The molecule has 6 heteroatoms. The van der Waals surface area contributed by atoms with Crippen molar-refractivity contribution in [3.05, 3.63) is 56.4 Å². The molecule has 0 saturated heterocycles. The zero-order valence-electron chi connectivity index (χ0n) is 9.84. The molecule has 0 radical (unpaired) electrons. The van der Waals surface area contributed by atoms with E-state index >= 15 is 0 Å². The highest BCUT2D eigenvalue weighted by Gasteiger charge is 2.07. The van der Waals surface area contributed by atoms with Gasteiger partial charge < -0.3 is 5.73 Å². The van der Waals surface area contributed by atoms with Gasteiger partial charge in [-0.05, 0) is 29.1 Å². The van der Waals surface area contributed by atoms with Crippen molar-refractivity contribution >= 4 is 43.2 Å². The Morgan fingerprint density at radius 3 is 3.00 bits per heavy atom. The van der Waals surface area contributed by atoms with Crippen molar-refractivity contribution in [3.8, 4) is 0 Å². The summed E-state index contributed by atoms with van der Waals surface area (Å²) in [4.78, 5) is 17.3. The number of nitrogen functional groups attached to an aromatic ring is 1. The van der Waals surface area contributed by atoms with E-state index in [0.29, 0.717) is 17.6 Å². The van der Waals surface area contributed by atoms with Crippen molar-refractivity contribution in [1.82, 2.24) is 9.55 Å². The molecule has 0 amide bonds. The molecule has 0 atom stereocenters. The normalized spacial score (nSPS) is 11.0. The van der Waals surface area contributed by atoms with Crippen LogP contribution in [-0.2, 0) is 6.54 Å². The smallest absolute Gasteiger partial charge is 0.262 e. The number of rotatable bonds is 2. The molecule has 0 bridgehead atoms. The Kier molecular flexibility index (Phi) is 3.12. The summed E-state index contributed by atoms with van der Waals surface area (Å²) in [5.74, 6) is 0. The van der Waals surface area contributed by atoms with Crippen molar-refractivity contribution in [3.63, 3.8) is 0 Å². The number of nitrogens with two attached hydrogens (primary N) is 1. The summed E-state index contributed by atoms with van der Waals surface area (Å²) in [6.45, 7) is 0.427. The fourth-order valence-electron chi connectivity index (χ4n) is 1.90. The molecule has 0 spiro atoms. The van der Waals surface area contributed by atoms with Crippen LogP contribution in [0.25, 0.3) is 10.2 Å². The van der Waals surface area contributed by atoms with Crippen LogP contribution in [-0.4, -0.2) is 9.55 Å². The first-order valence-electron chi connectivity index (χ1n) is 5.62. The lowest BCUT2D eigenvalue weighted by atomic mass is 10.2. The Morgan fingerprint density at radius 1 is 1.37 bits per heavy atom. The highest BCUT2D eigenvalue weighted by atomic mass is 79.9. The van der Waals surface area contributed by atoms with E-state index in [4.69, 9.17) is 5.73 Å². The van der Waals surface area contributed by atoms with E-state index in [1.165, 1.54) is 11.3 Å². The van der Waals surface area contributed by atoms with E-state index in [9.17, 15) is 4.79 Å². The van der Waals surface area contributed by atoms with E-state index in [1.54, 1.807) is 17.0 Å². The zero-order valence-corrected chi connectivity index (χ0v) is 12.2. The van der Waals surface area contributed by atoms with Crippen LogP contribution in [0.15, 0.2) is 45.2 Å². The maximum Gasteiger partial charge on any atom is 0.262 e. The number of fused-ring (bicyclic) bond motifs is 1. The molecule has 2 aromatic heterocycles. The quantitative estimate of drug-likeness (QED) is 0.732. The molecule has 96 valence electrons. The average Bonchev–Trinajstić information content (AvgIpc) is 2.85. The highest BCUT2D eigenvalue weighted by Crippen LogP contribution is 2.19. The van der Waals surface area contributed by atoms with Crippen LogP contribution in [0.3, 0.4) is 0 Å². The predicted molar refractivity (Wildman–Crippen MR) is 81.5 cm³/mol. The summed E-state index contributed by atoms with van der Waals surface area (Å²) in [6.07, 6.45) is 1.57. The van der Waals surface area contributed by atoms with Crippen LogP contribution < -0.4 is 11.3 Å². The molecule has 2 N–H and O–H groups in total. The van der Waals surface area contributed by atoms with Crippen LogP contribution >= 0.6 is 27.3 Å². The highest BCUT2D eigenvalue weighted by molar-refractivity contribution is 9.10. The molecule has 2 heterocycles. The maximum atomic E-state index is 12.3. The summed E-state index contributed by atoms with van der Waals surface area (Å²) in [5, 5.41) is 2.53. The second-order valence-corrected chi connectivity index (χ2v) is 5.97. The summed E-state index contributed by atoms with van der Waals surface area (Å²) in [7, 11) is 0. The van der Waals surface area contributed by atoms with Crippen LogP contribution in [0.1, 0.15) is 5.56 Å². The molecule has 0 aliphatic heterocycles. The lowest BCUT2D eigenvalue weighted by molar-refractivity contribution is 0.751. The van der Waals surface area contributed by atoms with Gasteiger partial charge in [-0.15, -0.1) is 11.3 Å². The molecule has 0 saturated carbocycles. The monoisotopic (exact) mass is 335 g/mol. The summed E-state index contributed by atoms with van der Waals surface area (Å²) < 4.78 is 2.50. The molecule has 1 aromatic carbocycles. The van der Waals surface area contributed by atoms with Gasteiger partial charge in [0.15, 0.2) is 0 Å². The first-order chi connectivity index (χ1) is 9.15. The molecule has 19 heavy (non-hydrogen) atoms. The summed E-state index contributed by atoms with van der Waals surface area (Å²) in [6, 6.07) is 7.45. The maximum absolute atomic E-state index is 12.3. The van der Waals surface area contributed by atoms with Crippen molar-refractivity contribution in [1.29, 1.82) is 0 Å². The van der Waals surface area contributed by atoms with Gasteiger partial charge in [-0.1, -0.05) is 22.0 Å². The van der Waals surface area contributed by atoms with Crippen LogP contribution in [0.2, 0.25) is 0 Å². The van der Waals surface area contributed by atoms with E-state index in [0.717, 1.165) is 14.9 Å². The number of thiophene rings is 1. The van der Waals surface area contributed by atoms with Crippen LogP contribution in [0.4, 0.5) is 5.69 Å². The van der Waals surface area contributed by atoms with Crippen molar-refractivity contribution in [2.45, 2.75) is 6.54 Å². The first-order valence-corrected chi connectivity index (χ1v) is 7.29. The molecular weight excluding hydrogens is 326 g/mol. The molecule has 3 rings (SSSR count). The molecule has 0 unspecified atom stereocenters. The topological polar surface area (TPSA) is 60.9 Å². The molecule has 4 nitrogen and oxygen atoms in total. The Balaban J connectivity index is 2.05. The third-order valence-electron chi connectivity index (χ3n) is 2.90. The predicted octanol–water partition coefficient (Wildman–Crippen LogP) is 2.85. The third kappa shape index (κ3) is 2.29. The minimum atomic E-state index is -0.0337. The molecule has 0 aliphatic rings. The number of benzene rings is 1. The fourth-order valence-corrected chi connectivity index (χ4v) is 3.00. The standard InChI is InChI=1S/C13H10BrN3OS/c14-9-2-1-8(11(15)5-9)6-17-7-16-12-10(13(17)18)3-4-19-12/h1-5,7H,6,15H2. The Bertz CT molecular complexity index is 809. The van der Waals surface area contributed by atoms with Gasteiger partial charge >= 0.3 is 0 Å². The van der Waals surface area contributed by atoms with Gasteiger partial charge in [0.1, 0.15) is 4.83 Å². The number of halogens is 1. The lowest BCUT2D eigenvalue weighted by Gasteiger charge is -2.08. The largest absolute Gasteiger partial charge is 0.398 e. The second kappa shape index (κ2) is 4.79. The Morgan fingerprint density at radius 2 is 2.21 bits per heavy atom. The van der Waals surface area contributed by atoms with Crippen molar-refractivity contribution in [2.75, 3.05) is 5.73 Å². The summed E-state index contributed by atoms with van der Waals surface area (Å²) in [5.41, 5.74) is 7.48. The van der Waals surface area contributed by atoms with E-state index in [2.05, 4.69) is 20.9 Å². The van der Waals surface area contributed by atoms with Gasteiger partial charge in [-0.2, -0.15) is 0 Å². The molecule has 0 aliphatic carbocycles. The minimum absolute atomic E-state index is 0.0337. The first kappa shape index (κ1) is 12.4. The number of aromatic nitrogens is 2. The summed E-state index contributed by atoms with van der Waals surface area (Å²) >= 11 is 4.83. The minimum Gasteiger partial charge on any atom is -0.398 e. The Hall–Kier alpha value is -1.66. The number of hydrogen-bond acceptors (Lipinski definition) is 4. The van der Waals surface area contributed by atoms with Gasteiger partial charge in [-0.3, -0.25) is 9.36 Å². The zero-order chi connectivity index (χ0) is 13.4. The van der Waals surface area contributed by atoms with Gasteiger partial charge in [0.2, 0.25) is 0 Å². The van der Waals surface area contributed by atoms with Gasteiger partial charge in [-0.25, -0.2) is 4.98 Å². The molecule has 0 fully saturated rings. The fraction of sp³-hybridized carbons (Fsp3) is 0.0769. The molecule has 3 aromatic rings. The molecular formula is C13H10BrN3OS. The van der Waals surface area contributed by atoms with Crippen LogP contribution in [0.5, 0.6) is 0 Å². The number of hydrogen-bond donors (Lipinski definition) is 1. The van der Waals surface area contributed by atoms with Gasteiger partial charge in [0, 0.05) is 10.2 Å². The number of nitrogens with zero attached hydrogens (tertiary/aromatic N) is 2. The van der Waals surface area contributed by atoms with Crippen molar-refractivity contribution < 1.29 is 0 Å². The number of anilines is 1. The van der Waals surface area contributed by atoms with E-state index in [-0.39, 0.29) is 5.56 Å². The van der Waals surface area contributed by atoms with E-state index < -0.39 is 0 Å². The van der Waals surface area contributed by atoms with Crippen molar-refractivity contribution in [2.24, 2.45) is 0 Å². The van der Waals surface area contributed by atoms with Gasteiger partial charge in [0.25, 0.3) is 5.56 Å².